The number of nitro groups is 2. The minimum atomic E-state index is -0.859. The standard InChI is InChI=1S/C12H9ClN6O5/c13-10-5-7(18(20)21)1-3-9(10)11-4-2-8(24-11)6-15-16-12(14)17-19(22)23/h1-6H,(H3,14,16,17)/p+1. The summed E-state index contributed by atoms with van der Waals surface area (Å²) in [5.74, 6) is 0.266. The van der Waals surface area contributed by atoms with Crippen LogP contribution in [0, 0.1) is 20.2 Å². The molecule has 0 bridgehead atoms. The number of halogens is 1. The Bertz CT molecular complexity index is 846. The van der Waals surface area contributed by atoms with Crippen molar-refractivity contribution in [3.63, 3.8) is 0 Å². The normalized spacial score (nSPS) is 11.6. The van der Waals surface area contributed by atoms with Crippen LogP contribution in [-0.4, -0.2) is 22.1 Å². The molecule has 0 fully saturated rings. The van der Waals surface area contributed by atoms with E-state index in [4.69, 9.17) is 21.8 Å². The molecule has 2 rings (SSSR count). The summed E-state index contributed by atoms with van der Waals surface area (Å²) in [5, 5.41) is 25.9. The van der Waals surface area contributed by atoms with Gasteiger partial charge in [0.25, 0.3) is 5.69 Å². The van der Waals surface area contributed by atoms with E-state index in [2.05, 4.69) is 10.2 Å². The van der Waals surface area contributed by atoms with Crippen molar-refractivity contribution >= 4 is 29.5 Å². The third-order valence-electron chi connectivity index (χ3n) is 2.65. The van der Waals surface area contributed by atoms with Gasteiger partial charge in [-0.3, -0.25) is 10.1 Å². The lowest BCUT2D eigenvalue weighted by molar-refractivity contribution is -0.528. The highest BCUT2D eigenvalue weighted by Crippen LogP contribution is 2.31. The molecule has 0 unspecified atom stereocenters. The zero-order chi connectivity index (χ0) is 17.7. The number of nitro benzene ring substituents is 1. The number of benzene rings is 1. The van der Waals surface area contributed by atoms with Gasteiger partial charge in [-0.15, -0.1) is 0 Å². The number of hydrazine groups is 1. The van der Waals surface area contributed by atoms with Crippen LogP contribution < -0.4 is 16.3 Å². The van der Waals surface area contributed by atoms with Crippen LogP contribution >= 0.6 is 11.6 Å². The molecule has 2 aromatic rings. The summed E-state index contributed by atoms with van der Waals surface area (Å²) in [4.78, 5) is 20.3. The number of hydrogen-bond acceptors (Lipinski definition) is 6. The van der Waals surface area contributed by atoms with E-state index < -0.39 is 15.9 Å². The molecule has 1 aromatic carbocycles. The van der Waals surface area contributed by atoms with E-state index in [1.54, 1.807) is 17.6 Å². The Hall–Kier alpha value is -3.47. The van der Waals surface area contributed by atoms with Crippen LogP contribution in [0.5, 0.6) is 0 Å². The lowest BCUT2D eigenvalue weighted by Gasteiger charge is -2.00. The van der Waals surface area contributed by atoms with Crippen LogP contribution in [0.25, 0.3) is 11.3 Å². The van der Waals surface area contributed by atoms with Crippen molar-refractivity contribution in [3.8, 4) is 11.3 Å². The first kappa shape index (κ1) is 16.9. The number of hydrazone groups is 1. The van der Waals surface area contributed by atoms with Crippen molar-refractivity contribution < 1.29 is 19.5 Å². The van der Waals surface area contributed by atoms with E-state index in [9.17, 15) is 20.2 Å². The van der Waals surface area contributed by atoms with Crippen molar-refractivity contribution in [1.82, 2.24) is 5.43 Å². The lowest BCUT2D eigenvalue weighted by atomic mass is 10.1. The maximum absolute atomic E-state index is 10.7. The molecule has 0 radical (unpaired) electrons. The SMILES string of the molecule is NC(=N[NH+]=Cc1ccc(-c2ccc([N+](=O)[O-])cc2Cl)o1)N[N+](=O)[O-]. The van der Waals surface area contributed by atoms with Gasteiger partial charge in [-0.1, -0.05) is 22.1 Å². The first-order valence-corrected chi connectivity index (χ1v) is 6.61. The molecular weight excluding hydrogens is 344 g/mol. The average molecular weight is 354 g/mol. The minimum Gasteiger partial charge on any atom is -0.450 e. The molecular formula is C12H10ClN6O5+. The van der Waals surface area contributed by atoms with Gasteiger partial charge in [0, 0.05) is 22.8 Å². The molecule has 1 heterocycles. The minimum absolute atomic E-state index is 0.133. The van der Waals surface area contributed by atoms with Crippen LogP contribution in [0.1, 0.15) is 5.76 Å². The van der Waals surface area contributed by atoms with Crippen LogP contribution in [0.3, 0.4) is 0 Å². The first-order chi connectivity index (χ1) is 11.4. The molecule has 0 aliphatic rings. The van der Waals surface area contributed by atoms with Gasteiger partial charge in [-0.05, 0) is 18.2 Å². The van der Waals surface area contributed by atoms with Crippen molar-refractivity contribution in [3.05, 3.63) is 61.3 Å². The molecule has 4 N–H and O–H groups in total. The zero-order valence-corrected chi connectivity index (χ0v) is 12.6. The van der Waals surface area contributed by atoms with Crippen molar-refractivity contribution in [2.75, 3.05) is 0 Å². The molecule has 1 aromatic heterocycles. The zero-order valence-electron chi connectivity index (χ0n) is 11.8. The number of non-ortho nitro benzene ring substituents is 1. The molecule has 0 amide bonds. The van der Waals surface area contributed by atoms with Crippen LogP contribution in [0.15, 0.2) is 39.9 Å². The highest BCUT2D eigenvalue weighted by Gasteiger charge is 2.13. The predicted molar refractivity (Wildman–Crippen MR) is 83.7 cm³/mol. The third kappa shape index (κ3) is 4.27. The van der Waals surface area contributed by atoms with Crippen LogP contribution in [-0.2, 0) is 0 Å². The van der Waals surface area contributed by atoms with E-state index in [0.29, 0.717) is 17.1 Å². The van der Waals surface area contributed by atoms with Gasteiger partial charge in [0.05, 0.1) is 9.95 Å². The average Bonchev–Trinajstić information content (AvgIpc) is 2.94. The largest absolute Gasteiger partial charge is 0.450 e. The molecule has 11 nitrogen and oxygen atoms in total. The molecule has 0 saturated carbocycles. The quantitative estimate of drug-likeness (QED) is 0.295. The summed E-state index contributed by atoms with van der Waals surface area (Å²) in [7, 11) is 0. The third-order valence-corrected chi connectivity index (χ3v) is 2.97. The Morgan fingerprint density at radius 3 is 2.71 bits per heavy atom. The number of hydrogen-bond donors (Lipinski definition) is 3. The first-order valence-electron chi connectivity index (χ1n) is 6.24. The fourth-order valence-corrected chi connectivity index (χ4v) is 1.94. The van der Waals surface area contributed by atoms with E-state index in [0.717, 1.165) is 0 Å². The molecule has 12 heteroatoms. The fraction of sp³-hybridized carbons (Fsp3) is 0. The van der Waals surface area contributed by atoms with Gasteiger partial charge in [0.2, 0.25) is 6.21 Å². The molecule has 0 aliphatic carbocycles. The number of nitrogens with one attached hydrogen (secondary N) is 2. The van der Waals surface area contributed by atoms with Gasteiger partial charge in [0.15, 0.2) is 10.8 Å². The summed E-state index contributed by atoms with van der Waals surface area (Å²) in [6.07, 6.45) is 1.30. The molecule has 0 spiro atoms. The maximum atomic E-state index is 10.7. The monoisotopic (exact) mass is 353 g/mol. The highest BCUT2D eigenvalue weighted by atomic mass is 35.5. The molecule has 124 valence electrons. The van der Waals surface area contributed by atoms with Crippen LogP contribution in [0.2, 0.25) is 5.02 Å². The Balaban J connectivity index is 2.16. The molecule has 0 saturated heterocycles. The smallest absolute Gasteiger partial charge is 0.319 e. The number of guanidine groups is 1. The molecule has 0 atom stereocenters. The van der Waals surface area contributed by atoms with E-state index >= 15 is 0 Å². The van der Waals surface area contributed by atoms with Crippen molar-refractivity contribution in [2.24, 2.45) is 10.8 Å². The number of furan rings is 1. The Labute approximate surface area is 138 Å². The van der Waals surface area contributed by atoms with E-state index in [1.165, 1.54) is 24.4 Å². The summed E-state index contributed by atoms with van der Waals surface area (Å²) >= 11 is 6.01. The predicted octanol–water partition coefficient (Wildman–Crippen LogP) is 0.0187. The number of nitrogens with zero attached hydrogens (tertiary/aromatic N) is 3. The summed E-state index contributed by atoms with van der Waals surface area (Å²) in [6, 6.07) is 7.16. The summed E-state index contributed by atoms with van der Waals surface area (Å²) in [5.41, 5.74) is 7.19. The second-order valence-electron chi connectivity index (χ2n) is 4.26. The van der Waals surface area contributed by atoms with Crippen LogP contribution in [0.4, 0.5) is 5.69 Å². The van der Waals surface area contributed by atoms with Gasteiger partial charge in [-0.2, -0.15) is 0 Å². The van der Waals surface area contributed by atoms with Gasteiger partial charge < -0.3 is 10.2 Å². The van der Waals surface area contributed by atoms with E-state index in [-0.39, 0.29) is 10.7 Å². The summed E-state index contributed by atoms with van der Waals surface area (Å²) in [6.45, 7) is 0. The van der Waals surface area contributed by atoms with Gasteiger partial charge in [0.1, 0.15) is 5.76 Å². The Morgan fingerprint density at radius 2 is 2.08 bits per heavy atom. The second-order valence-corrected chi connectivity index (χ2v) is 4.67. The maximum Gasteiger partial charge on any atom is 0.319 e. The number of rotatable bonds is 5. The summed E-state index contributed by atoms with van der Waals surface area (Å²) < 4.78 is 5.48. The lowest BCUT2D eigenvalue weighted by Crippen LogP contribution is -2.64. The second kappa shape index (κ2) is 7.19. The van der Waals surface area contributed by atoms with E-state index in [1.807, 2.05) is 0 Å². The number of nitrogens with two attached hydrogens (primary N) is 1. The molecule has 0 aliphatic heterocycles. The van der Waals surface area contributed by atoms with Crippen molar-refractivity contribution in [1.29, 1.82) is 0 Å². The van der Waals surface area contributed by atoms with Crippen molar-refractivity contribution in [2.45, 2.75) is 0 Å². The Morgan fingerprint density at radius 1 is 1.33 bits per heavy atom. The topological polar surface area (TPSA) is 164 Å². The fourth-order valence-electron chi connectivity index (χ4n) is 1.68. The Kier molecular flexibility index (Phi) is 5.06. The van der Waals surface area contributed by atoms with Gasteiger partial charge in [-0.25, -0.2) is 10.1 Å². The van der Waals surface area contributed by atoms with Gasteiger partial charge >= 0.3 is 5.96 Å². The molecule has 24 heavy (non-hydrogen) atoms. The highest BCUT2D eigenvalue weighted by molar-refractivity contribution is 6.33.